The number of benzene rings is 4. The minimum absolute atomic E-state index is 0.223. The van der Waals surface area contributed by atoms with Crippen LogP contribution >= 0.6 is 0 Å². The molecule has 0 aromatic heterocycles. The van der Waals surface area contributed by atoms with E-state index < -0.39 is 0 Å². The Labute approximate surface area is 167 Å². The Kier molecular flexibility index (Phi) is 4.95. The number of hydrogen-bond acceptors (Lipinski definition) is 0. The highest BCUT2D eigenvalue weighted by Crippen LogP contribution is 2.48. The lowest BCUT2D eigenvalue weighted by atomic mass is 9.90. The molecule has 0 bridgehead atoms. The predicted molar refractivity (Wildman–Crippen MR) is 123 cm³/mol. The molecule has 0 aliphatic carbocycles. The largest absolute Gasteiger partial charge is 0.682 e. The second-order valence-corrected chi connectivity index (χ2v) is 7.81. The molecule has 0 unspecified atom stereocenters. The van der Waals surface area contributed by atoms with Gasteiger partial charge in [-0.05, 0) is 32.7 Å². The third-order valence-electron chi connectivity index (χ3n) is 4.86. The van der Waals surface area contributed by atoms with Gasteiger partial charge in [-0.3, -0.25) is 0 Å². The zero-order chi connectivity index (χ0) is 19.7. The molecule has 0 radical (unpaired) electrons. The molecule has 0 saturated carbocycles. The highest BCUT2D eigenvalue weighted by atomic mass is 14.9. The van der Waals surface area contributed by atoms with E-state index in [0.717, 1.165) is 11.4 Å². The molecule has 0 aliphatic rings. The normalized spacial score (nSPS) is 11.5. The first-order valence-electron chi connectivity index (χ1n) is 10.00. The molecule has 2 nitrogen and oxygen atoms in total. The van der Waals surface area contributed by atoms with Gasteiger partial charge in [0, 0.05) is 0 Å². The smallest absolute Gasteiger partial charge is 0.0118 e. The van der Waals surface area contributed by atoms with E-state index in [1.54, 1.807) is 0 Å². The molecule has 4 aromatic carbocycles. The lowest BCUT2D eigenvalue weighted by molar-refractivity contribution is 0.947. The Balaban J connectivity index is 2.13. The van der Waals surface area contributed by atoms with Crippen molar-refractivity contribution in [3.63, 3.8) is 0 Å². The van der Waals surface area contributed by atoms with Crippen LogP contribution in [-0.2, 0) is 0 Å². The molecule has 0 aliphatic heterocycles. The average Bonchev–Trinajstić information content (AvgIpc) is 2.67. The minimum Gasteiger partial charge on any atom is -0.682 e. The van der Waals surface area contributed by atoms with Gasteiger partial charge in [0.05, 0.1) is 0 Å². The summed E-state index contributed by atoms with van der Waals surface area (Å²) in [5, 5.41) is 14.8. The number of hydrogen-bond donors (Lipinski definition) is 0. The van der Waals surface area contributed by atoms with Crippen LogP contribution in [0, 0.1) is 0 Å². The van der Waals surface area contributed by atoms with Crippen molar-refractivity contribution >= 4 is 32.9 Å². The van der Waals surface area contributed by atoms with Crippen LogP contribution in [-0.4, -0.2) is 12.1 Å². The third kappa shape index (κ3) is 3.43. The minimum atomic E-state index is 0.223. The van der Waals surface area contributed by atoms with Gasteiger partial charge in [0.25, 0.3) is 0 Å². The van der Waals surface area contributed by atoms with Crippen molar-refractivity contribution in [3.05, 3.63) is 83.4 Å². The van der Waals surface area contributed by atoms with Crippen LogP contribution in [0.25, 0.3) is 43.3 Å². The molecule has 4 rings (SSSR count). The summed E-state index contributed by atoms with van der Waals surface area (Å²) in [6.45, 7) is 8.51. The van der Waals surface area contributed by atoms with Crippen molar-refractivity contribution < 1.29 is 0 Å². The van der Waals surface area contributed by atoms with Gasteiger partial charge < -0.3 is 10.6 Å². The Morgan fingerprint density at radius 1 is 0.500 bits per heavy atom. The predicted octanol–water partition coefficient (Wildman–Crippen LogP) is 8.49. The number of fused-ring (bicyclic) bond motifs is 2. The molecule has 0 saturated heterocycles. The van der Waals surface area contributed by atoms with Crippen LogP contribution in [0.5, 0.6) is 0 Å². The fourth-order valence-electron chi connectivity index (χ4n) is 3.82. The Morgan fingerprint density at radius 2 is 0.893 bits per heavy atom. The molecule has 0 amide bonds. The van der Waals surface area contributed by atoms with Gasteiger partial charge in [-0.1, -0.05) is 100 Å². The quantitative estimate of drug-likeness (QED) is 0.339. The molecule has 0 atom stereocenters. The first kappa shape index (κ1) is 18.4. The monoisotopic (exact) mass is 366 g/mol. The van der Waals surface area contributed by atoms with E-state index in [-0.39, 0.29) is 12.1 Å². The van der Waals surface area contributed by atoms with Gasteiger partial charge in [0.15, 0.2) is 0 Å². The van der Waals surface area contributed by atoms with Gasteiger partial charge in [-0.2, -0.15) is 0 Å². The van der Waals surface area contributed by atoms with Crippen LogP contribution in [0.1, 0.15) is 27.7 Å². The van der Waals surface area contributed by atoms with Crippen molar-refractivity contribution in [1.82, 2.24) is 0 Å². The molecular formula is C26H26N2-2. The maximum Gasteiger partial charge on any atom is -0.0118 e. The van der Waals surface area contributed by atoms with Gasteiger partial charge in [-0.25, -0.2) is 0 Å². The zero-order valence-corrected chi connectivity index (χ0v) is 17.0. The Hall–Kier alpha value is -3.00. The second-order valence-electron chi connectivity index (χ2n) is 7.81. The summed E-state index contributed by atoms with van der Waals surface area (Å²) in [6, 6.07) is 26.2. The van der Waals surface area contributed by atoms with Gasteiger partial charge in [0.1, 0.15) is 0 Å². The SMILES string of the molecule is CC(C)[N-]c1ccc2ccccc2c1-c1c([N-]C(C)C)ccc2ccccc12. The van der Waals surface area contributed by atoms with E-state index in [9.17, 15) is 0 Å². The van der Waals surface area contributed by atoms with E-state index in [4.69, 9.17) is 10.6 Å². The molecule has 0 fully saturated rings. The maximum absolute atomic E-state index is 4.97. The van der Waals surface area contributed by atoms with Crippen molar-refractivity contribution in [2.45, 2.75) is 39.8 Å². The third-order valence-corrected chi connectivity index (χ3v) is 4.86. The fourth-order valence-corrected chi connectivity index (χ4v) is 3.82. The van der Waals surface area contributed by atoms with E-state index in [1.165, 1.54) is 32.7 Å². The van der Waals surface area contributed by atoms with E-state index in [0.29, 0.717) is 0 Å². The van der Waals surface area contributed by atoms with Gasteiger partial charge in [-0.15, -0.1) is 23.5 Å². The second kappa shape index (κ2) is 7.55. The fraction of sp³-hybridized carbons (Fsp3) is 0.231. The molecule has 4 aromatic rings. The van der Waals surface area contributed by atoms with Crippen LogP contribution < -0.4 is 0 Å². The first-order chi connectivity index (χ1) is 13.5. The first-order valence-corrected chi connectivity index (χ1v) is 10.00. The standard InChI is InChI=1S/C26H26N2/c1-17(2)27-23-15-13-19-9-5-7-11-21(19)25(23)26-22-12-8-6-10-20(22)14-16-24(26)28-18(3)4/h5-18H,1-4H3/q-2. The zero-order valence-electron chi connectivity index (χ0n) is 17.0. The molecule has 0 heterocycles. The maximum atomic E-state index is 4.97. The molecule has 0 N–H and O–H groups in total. The van der Waals surface area contributed by atoms with E-state index in [1.807, 2.05) is 0 Å². The molecule has 28 heavy (non-hydrogen) atoms. The molecule has 2 heteroatoms. The number of rotatable bonds is 5. The van der Waals surface area contributed by atoms with Crippen LogP contribution in [0.15, 0.2) is 72.8 Å². The van der Waals surface area contributed by atoms with Crippen molar-refractivity contribution in [2.75, 3.05) is 0 Å². The highest BCUT2D eigenvalue weighted by Gasteiger charge is 2.11. The number of nitrogens with zero attached hydrogens (tertiary/aromatic N) is 2. The lowest BCUT2D eigenvalue weighted by Crippen LogP contribution is -1.95. The summed E-state index contributed by atoms with van der Waals surface area (Å²) < 4.78 is 0. The summed E-state index contributed by atoms with van der Waals surface area (Å²) in [7, 11) is 0. The Morgan fingerprint density at radius 3 is 1.29 bits per heavy atom. The van der Waals surface area contributed by atoms with Crippen LogP contribution in [0.3, 0.4) is 0 Å². The average molecular weight is 367 g/mol. The van der Waals surface area contributed by atoms with Crippen molar-refractivity contribution in [2.24, 2.45) is 0 Å². The van der Waals surface area contributed by atoms with Crippen LogP contribution in [0.4, 0.5) is 11.4 Å². The van der Waals surface area contributed by atoms with E-state index in [2.05, 4.69) is 100 Å². The topological polar surface area (TPSA) is 28.2 Å². The Bertz CT molecular complexity index is 1030. The molecule has 0 spiro atoms. The summed E-state index contributed by atoms with van der Waals surface area (Å²) >= 11 is 0. The van der Waals surface area contributed by atoms with Crippen molar-refractivity contribution in [1.29, 1.82) is 0 Å². The summed E-state index contributed by atoms with van der Waals surface area (Å²) in [6.07, 6.45) is 0. The molecular weight excluding hydrogens is 340 g/mol. The van der Waals surface area contributed by atoms with Crippen molar-refractivity contribution in [3.8, 4) is 11.1 Å². The van der Waals surface area contributed by atoms with Crippen LogP contribution in [0.2, 0.25) is 0 Å². The van der Waals surface area contributed by atoms with Gasteiger partial charge in [0.2, 0.25) is 0 Å². The van der Waals surface area contributed by atoms with E-state index >= 15 is 0 Å². The summed E-state index contributed by atoms with van der Waals surface area (Å²) in [5.74, 6) is 0. The lowest BCUT2D eigenvalue weighted by Gasteiger charge is -2.35. The molecule has 142 valence electrons. The highest BCUT2D eigenvalue weighted by molar-refractivity contribution is 6.14. The summed E-state index contributed by atoms with van der Waals surface area (Å²) in [5.41, 5.74) is 4.43. The summed E-state index contributed by atoms with van der Waals surface area (Å²) in [4.78, 5) is 0. The van der Waals surface area contributed by atoms with Gasteiger partial charge >= 0.3 is 0 Å².